The number of hydrogen-bond acceptors (Lipinski definition) is 4. The van der Waals surface area contributed by atoms with Crippen LogP contribution < -0.4 is 5.32 Å². The van der Waals surface area contributed by atoms with Crippen molar-refractivity contribution in [3.63, 3.8) is 0 Å². The van der Waals surface area contributed by atoms with Crippen molar-refractivity contribution in [2.24, 2.45) is 11.8 Å². The topological polar surface area (TPSA) is 82.6 Å². The molecule has 2 saturated heterocycles. The molecule has 8 heteroatoms. The highest BCUT2D eigenvalue weighted by atomic mass is 19.1. The number of hydrogen-bond donors (Lipinski definition) is 1. The highest BCUT2D eigenvalue weighted by Gasteiger charge is 2.37. The van der Waals surface area contributed by atoms with E-state index < -0.39 is 5.82 Å². The van der Waals surface area contributed by atoms with Crippen LogP contribution in [0.3, 0.4) is 0 Å². The van der Waals surface area contributed by atoms with E-state index in [1.165, 1.54) is 18.2 Å². The third-order valence-corrected chi connectivity index (χ3v) is 6.39. The van der Waals surface area contributed by atoms with E-state index in [-0.39, 0.29) is 47.6 Å². The van der Waals surface area contributed by atoms with Gasteiger partial charge >= 0.3 is 0 Å². The van der Waals surface area contributed by atoms with Crippen molar-refractivity contribution in [1.82, 2.24) is 20.1 Å². The number of benzene rings is 1. The maximum absolute atomic E-state index is 13.6. The van der Waals surface area contributed by atoms with Crippen LogP contribution in [0, 0.1) is 17.7 Å². The molecule has 2 aliphatic rings. The molecule has 3 amide bonds. The molecule has 1 N–H and O–H groups in total. The maximum Gasteiger partial charge on any atom is 0.251 e. The van der Waals surface area contributed by atoms with Crippen molar-refractivity contribution in [3.05, 3.63) is 65.7 Å². The molecule has 0 bridgehead atoms. The SMILES string of the molecule is CN1C[C@@H](C(=O)N2CCC([C@H](NC(=O)c3cccc(F)c3)c3ccccn3)CC2)CC1=O. The molecule has 2 aromatic rings. The molecular weight excluding hydrogens is 411 g/mol. The second kappa shape index (κ2) is 9.46. The number of pyridine rings is 1. The number of aromatic nitrogens is 1. The lowest BCUT2D eigenvalue weighted by Gasteiger charge is -2.37. The summed E-state index contributed by atoms with van der Waals surface area (Å²) < 4.78 is 13.6. The molecule has 7 nitrogen and oxygen atoms in total. The molecule has 2 atom stereocenters. The van der Waals surface area contributed by atoms with Crippen LogP contribution in [0.15, 0.2) is 48.7 Å². The fourth-order valence-electron chi connectivity index (χ4n) is 4.59. The first-order chi connectivity index (χ1) is 15.4. The Kier molecular flexibility index (Phi) is 6.48. The molecule has 0 radical (unpaired) electrons. The first-order valence-corrected chi connectivity index (χ1v) is 10.9. The van der Waals surface area contributed by atoms with Gasteiger partial charge in [0.2, 0.25) is 11.8 Å². The summed E-state index contributed by atoms with van der Waals surface area (Å²) in [5.41, 5.74) is 0.999. The maximum atomic E-state index is 13.6. The van der Waals surface area contributed by atoms with Crippen LogP contribution in [0.2, 0.25) is 0 Å². The first kappa shape index (κ1) is 21.9. The minimum Gasteiger partial charge on any atom is -0.345 e. The van der Waals surface area contributed by atoms with Crippen molar-refractivity contribution >= 4 is 17.7 Å². The zero-order valence-corrected chi connectivity index (χ0v) is 18.0. The highest BCUT2D eigenvalue weighted by Crippen LogP contribution is 2.31. The van der Waals surface area contributed by atoms with Gasteiger partial charge in [0.25, 0.3) is 5.91 Å². The summed E-state index contributed by atoms with van der Waals surface area (Å²) in [5.74, 6) is -0.975. The molecular formula is C24H27FN4O3. The lowest BCUT2D eigenvalue weighted by atomic mass is 9.86. The summed E-state index contributed by atoms with van der Waals surface area (Å²) in [6, 6.07) is 10.8. The predicted octanol–water partition coefficient (Wildman–Crippen LogP) is 2.41. The Bertz CT molecular complexity index is 992. The molecule has 0 spiro atoms. The number of rotatable bonds is 5. The zero-order valence-electron chi connectivity index (χ0n) is 18.0. The average molecular weight is 439 g/mol. The second-order valence-electron chi connectivity index (χ2n) is 8.55. The molecule has 32 heavy (non-hydrogen) atoms. The third-order valence-electron chi connectivity index (χ3n) is 6.39. The number of carbonyl (C=O) groups is 3. The monoisotopic (exact) mass is 438 g/mol. The Labute approximate surface area is 186 Å². The molecule has 3 heterocycles. The fourth-order valence-corrected chi connectivity index (χ4v) is 4.59. The summed E-state index contributed by atoms with van der Waals surface area (Å²) >= 11 is 0. The van der Waals surface area contributed by atoms with Crippen LogP contribution in [0.4, 0.5) is 4.39 Å². The van der Waals surface area contributed by atoms with E-state index in [9.17, 15) is 18.8 Å². The van der Waals surface area contributed by atoms with Gasteiger partial charge in [-0.05, 0) is 49.1 Å². The van der Waals surface area contributed by atoms with Crippen molar-refractivity contribution in [3.8, 4) is 0 Å². The lowest BCUT2D eigenvalue weighted by Crippen LogP contribution is -2.45. The van der Waals surface area contributed by atoms with Gasteiger partial charge in [-0.3, -0.25) is 19.4 Å². The summed E-state index contributed by atoms with van der Waals surface area (Å²) in [7, 11) is 1.72. The minimum atomic E-state index is -0.463. The molecule has 4 rings (SSSR count). The van der Waals surface area contributed by atoms with Gasteiger partial charge in [-0.25, -0.2) is 4.39 Å². The van der Waals surface area contributed by atoms with Crippen molar-refractivity contribution < 1.29 is 18.8 Å². The van der Waals surface area contributed by atoms with Gasteiger partial charge in [0.1, 0.15) is 5.82 Å². The standard InChI is InChI=1S/C24H27FN4O3/c1-28-15-18(14-21(28)30)24(32)29-11-8-16(9-12-29)22(20-7-2-3-10-26-20)27-23(31)17-5-4-6-19(25)13-17/h2-7,10,13,16,18,22H,8-9,11-12,14-15H2,1H3,(H,27,31)/t18-,22-/m0/s1. The Hall–Kier alpha value is -3.29. The number of amides is 3. The smallest absolute Gasteiger partial charge is 0.251 e. The van der Waals surface area contributed by atoms with E-state index in [4.69, 9.17) is 0 Å². The molecule has 2 aliphatic heterocycles. The number of halogens is 1. The molecule has 168 valence electrons. The average Bonchev–Trinajstić information content (AvgIpc) is 3.15. The van der Waals surface area contributed by atoms with Gasteiger partial charge in [0.05, 0.1) is 17.7 Å². The second-order valence-corrected chi connectivity index (χ2v) is 8.55. The van der Waals surface area contributed by atoms with Gasteiger partial charge in [-0.15, -0.1) is 0 Å². The zero-order chi connectivity index (χ0) is 22.7. The Balaban J connectivity index is 1.44. The molecule has 0 unspecified atom stereocenters. The lowest BCUT2D eigenvalue weighted by molar-refractivity contribution is -0.137. The van der Waals surface area contributed by atoms with E-state index in [1.807, 2.05) is 23.1 Å². The van der Waals surface area contributed by atoms with Crippen LogP contribution >= 0.6 is 0 Å². The minimum absolute atomic E-state index is 0.00788. The molecule has 1 aromatic carbocycles. The number of piperidine rings is 1. The van der Waals surface area contributed by atoms with Crippen molar-refractivity contribution in [1.29, 1.82) is 0 Å². The van der Waals surface area contributed by atoms with E-state index in [1.54, 1.807) is 24.2 Å². The van der Waals surface area contributed by atoms with Crippen LogP contribution in [0.5, 0.6) is 0 Å². The van der Waals surface area contributed by atoms with Crippen molar-refractivity contribution in [2.75, 3.05) is 26.7 Å². The Morgan fingerprint density at radius 2 is 1.94 bits per heavy atom. The number of nitrogens with one attached hydrogen (secondary N) is 1. The van der Waals surface area contributed by atoms with Crippen LogP contribution in [-0.2, 0) is 9.59 Å². The van der Waals surface area contributed by atoms with Crippen LogP contribution in [0.1, 0.15) is 41.4 Å². The molecule has 0 saturated carbocycles. The number of likely N-dealkylation sites (tertiary alicyclic amines) is 2. The molecule has 2 fully saturated rings. The van der Waals surface area contributed by atoms with Gasteiger partial charge in [0, 0.05) is 44.9 Å². The highest BCUT2D eigenvalue weighted by molar-refractivity contribution is 5.94. The van der Waals surface area contributed by atoms with Crippen LogP contribution in [0.25, 0.3) is 0 Å². The van der Waals surface area contributed by atoms with Gasteiger partial charge in [0.15, 0.2) is 0 Å². The van der Waals surface area contributed by atoms with Gasteiger partial charge in [-0.1, -0.05) is 12.1 Å². The molecule has 0 aliphatic carbocycles. The summed E-state index contributed by atoms with van der Waals surface area (Å²) in [5, 5.41) is 3.03. The summed E-state index contributed by atoms with van der Waals surface area (Å²) in [6.45, 7) is 1.60. The third kappa shape index (κ3) is 4.79. The van der Waals surface area contributed by atoms with Crippen LogP contribution in [-0.4, -0.2) is 59.2 Å². The number of nitrogens with zero attached hydrogens (tertiary/aromatic N) is 3. The molecule has 1 aromatic heterocycles. The van der Waals surface area contributed by atoms with E-state index in [0.29, 0.717) is 32.5 Å². The fraction of sp³-hybridized carbons (Fsp3) is 0.417. The largest absolute Gasteiger partial charge is 0.345 e. The number of carbonyl (C=O) groups excluding carboxylic acids is 3. The predicted molar refractivity (Wildman–Crippen MR) is 116 cm³/mol. The Morgan fingerprint density at radius 3 is 2.56 bits per heavy atom. The van der Waals surface area contributed by atoms with Gasteiger partial charge < -0.3 is 15.1 Å². The van der Waals surface area contributed by atoms with E-state index >= 15 is 0 Å². The summed E-state index contributed by atoms with van der Waals surface area (Å²) in [6.07, 6.45) is 3.36. The Morgan fingerprint density at radius 1 is 1.16 bits per heavy atom. The normalized spacial score (nSPS) is 20.3. The van der Waals surface area contributed by atoms with E-state index in [0.717, 1.165) is 5.69 Å². The summed E-state index contributed by atoms with van der Waals surface area (Å²) in [4.78, 5) is 45.4. The first-order valence-electron chi connectivity index (χ1n) is 10.9. The van der Waals surface area contributed by atoms with Crippen molar-refractivity contribution in [2.45, 2.75) is 25.3 Å². The quantitative estimate of drug-likeness (QED) is 0.777. The van der Waals surface area contributed by atoms with E-state index in [2.05, 4.69) is 10.3 Å². The van der Waals surface area contributed by atoms with Gasteiger partial charge in [-0.2, -0.15) is 0 Å².